The molecule has 1 atom stereocenters. The van der Waals surface area contributed by atoms with Crippen molar-refractivity contribution in [3.63, 3.8) is 0 Å². The highest BCUT2D eigenvalue weighted by atomic mass is 35.5. The topological polar surface area (TPSA) is 86.8 Å². The lowest BCUT2D eigenvalue weighted by Crippen LogP contribution is -2.53. The number of amides is 2. The van der Waals surface area contributed by atoms with Gasteiger partial charge in [-0.15, -0.1) is 0 Å². The van der Waals surface area contributed by atoms with Gasteiger partial charge in [-0.1, -0.05) is 84.7 Å². The summed E-state index contributed by atoms with van der Waals surface area (Å²) in [7, 11) is -4.21. The zero-order valence-corrected chi connectivity index (χ0v) is 26.9. The quantitative estimate of drug-likeness (QED) is 0.175. The molecule has 0 aliphatic heterocycles. The molecule has 1 unspecified atom stereocenters. The van der Waals surface area contributed by atoms with Crippen LogP contribution >= 0.6 is 23.2 Å². The number of aryl methyl sites for hydroxylation is 1. The molecule has 0 radical (unpaired) electrons. The summed E-state index contributed by atoms with van der Waals surface area (Å²) in [5.74, 6) is -0.870. The van der Waals surface area contributed by atoms with Crippen molar-refractivity contribution in [1.29, 1.82) is 0 Å². The Balaban J connectivity index is 1.80. The van der Waals surface area contributed by atoms with Gasteiger partial charge >= 0.3 is 0 Å². The van der Waals surface area contributed by atoms with Crippen LogP contribution < -0.4 is 9.62 Å². The molecule has 4 aromatic rings. The van der Waals surface area contributed by atoms with Crippen LogP contribution in [0.15, 0.2) is 108 Å². The molecule has 0 aliphatic rings. The highest BCUT2D eigenvalue weighted by Gasteiger charge is 2.34. The van der Waals surface area contributed by atoms with E-state index in [1.165, 1.54) is 29.2 Å². The van der Waals surface area contributed by atoms with E-state index in [0.717, 1.165) is 15.4 Å². The van der Waals surface area contributed by atoms with Gasteiger partial charge in [0.15, 0.2) is 0 Å². The summed E-state index contributed by atoms with van der Waals surface area (Å²) in [6.45, 7) is 3.73. The zero-order valence-electron chi connectivity index (χ0n) is 24.6. The van der Waals surface area contributed by atoms with Crippen LogP contribution in [0.4, 0.5) is 5.69 Å². The van der Waals surface area contributed by atoms with Crippen LogP contribution in [0.5, 0.6) is 0 Å². The summed E-state index contributed by atoms with van der Waals surface area (Å²) in [6.07, 6.45) is 0.948. The molecule has 0 saturated carbocycles. The minimum Gasteiger partial charge on any atom is -0.354 e. The van der Waals surface area contributed by atoms with Gasteiger partial charge in [0.25, 0.3) is 10.0 Å². The van der Waals surface area contributed by atoms with Crippen molar-refractivity contribution in [3.8, 4) is 0 Å². The zero-order chi connectivity index (χ0) is 31.7. The average molecular weight is 653 g/mol. The molecule has 0 saturated heterocycles. The summed E-state index contributed by atoms with van der Waals surface area (Å²) in [4.78, 5) is 29.5. The van der Waals surface area contributed by atoms with Crippen LogP contribution in [-0.2, 0) is 32.6 Å². The van der Waals surface area contributed by atoms with Crippen LogP contribution in [0.2, 0.25) is 10.0 Å². The normalized spacial score (nSPS) is 11.9. The van der Waals surface area contributed by atoms with Crippen molar-refractivity contribution in [2.75, 3.05) is 17.4 Å². The molecule has 0 fully saturated rings. The van der Waals surface area contributed by atoms with Gasteiger partial charge < -0.3 is 10.2 Å². The van der Waals surface area contributed by atoms with E-state index in [2.05, 4.69) is 5.32 Å². The van der Waals surface area contributed by atoms with E-state index >= 15 is 0 Å². The number of sulfonamides is 1. The third kappa shape index (κ3) is 8.62. The van der Waals surface area contributed by atoms with E-state index in [0.29, 0.717) is 34.3 Å². The third-order valence-corrected chi connectivity index (χ3v) is 9.31. The summed E-state index contributed by atoms with van der Waals surface area (Å²) in [6, 6.07) is 28.3. The maximum Gasteiger partial charge on any atom is 0.264 e. The van der Waals surface area contributed by atoms with Gasteiger partial charge in [-0.3, -0.25) is 13.9 Å². The maximum absolute atomic E-state index is 14.4. The molecule has 4 aromatic carbocycles. The number of anilines is 1. The fourth-order valence-electron chi connectivity index (χ4n) is 4.80. The molecule has 10 heteroatoms. The number of carbonyl (C=O) groups is 2. The van der Waals surface area contributed by atoms with Crippen LogP contribution in [-0.4, -0.2) is 44.3 Å². The summed E-state index contributed by atoms with van der Waals surface area (Å²) < 4.78 is 29.2. The lowest BCUT2D eigenvalue weighted by atomic mass is 10.0. The van der Waals surface area contributed by atoms with Gasteiger partial charge in [0.2, 0.25) is 11.8 Å². The first-order valence-corrected chi connectivity index (χ1v) is 16.5. The second-order valence-corrected chi connectivity index (χ2v) is 13.2. The van der Waals surface area contributed by atoms with Crippen LogP contribution in [0.1, 0.15) is 30.0 Å². The minimum absolute atomic E-state index is 0.0147. The average Bonchev–Trinajstić information content (AvgIpc) is 3.01. The first-order valence-electron chi connectivity index (χ1n) is 14.3. The molecular formula is C34H35Cl2N3O4S. The van der Waals surface area contributed by atoms with E-state index in [-0.39, 0.29) is 23.8 Å². The second-order valence-electron chi connectivity index (χ2n) is 10.5. The summed E-state index contributed by atoms with van der Waals surface area (Å²) in [5.41, 5.74) is 2.71. The fraction of sp³-hybridized carbons (Fsp3) is 0.235. The maximum atomic E-state index is 14.4. The van der Waals surface area contributed by atoms with E-state index in [1.54, 1.807) is 36.4 Å². The van der Waals surface area contributed by atoms with E-state index in [1.807, 2.05) is 56.3 Å². The van der Waals surface area contributed by atoms with Crippen molar-refractivity contribution >= 4 is 50.7 Å². The largest absolute Gasteiger partial charge is 0.354 e. The number of hydrogen-bond donors (Lipinski definition) is 1. The van der Waals surface area contributed by atoms with Crippen molar-refractivity contribution < 1.29 is 18.0 Å². The Hall–Kier alpha value is -3.85. The molecular weight excluding hydrogens is 617 g/mol. The highest BCUT2D eigenvalue weighted by molar-refractivity contribution is 7.92. The molecule has 0 bridgehead atoms. The Bertz CT molecular complexity index is 1680. The number of nitrogens with zero attached hydrogens (tertiary/aromatic N) is 2. The first kappa shape index (κ1) is 33.1. The van der Waals surface area contributed by atoms with Crippen LogP contribution in [0.3, 0.4) is 0 Å². The van der Waals surface area contributed by atoms with E-state index < -0.39 is 28.5 Å². The van der Waals surface area contributed by atoms with Crippen molar-refractivity contribution in [2.24, 2.45) is 0 Å². The van der Waals surface area contributed by atoms with E-state index in [4.69, 9.17) is 23.2 Å². The molecule has 0 spiro atoms. The van der Waals surface area contributed by atoms with Crippen molar-refractivity contribution in [2.45, 2.75) is 44.2 Å². The number of rotatable bonds is 13. The number of nitrogens with one attached hydrogen (secondary N) is 1. The smallest absolute Gasteiger partial charge is 0.264 e. The Morgan fingerprint density at radius 2 is 1.50 bits per heavy atom. The number of halogens is 2. The van der Waals surface area contributed by atoms with Crippen molar-refractivity contribution in [1.82, 2.24) is 10.2 Å². The molecule has 0 aliphatic carbocycles. The minimum atomic E-state index is -4.21. The predicted octanol–water partition coefficient (Wildman–Crippen LogP) is 6.66. The lowest BCUT2D eigenvalue weighted by Gasteiger charge is -2.34. The summed E-state index contributed by atoms with van der Waals surface area (Å²) in [5, 5.41) is 3.80. The number of carbonyl (C=O) groups excluding carboxylic acids is 2. The standard InChI is InChI=1S/C34H35Cl2N3O4S/c1-3-19-37-34(41)32(22-26-10-5-4-6-11-26)38(23-27-12-8-13-29(36)21-27)33(40)24-39(30-14-7-9-25(2)20-30)44(42,43)31-17-15-28(35)16-18-31/h4-18,20-21,32H,3,19,22-24H2,1-2H3,(H,37,41). The van der Waals surface area contributed by atoms with Crippen molar-refractivity contribution in [3.05, 3.63) is 130 Å². The van der Waals surface area contributed by atoms with Gasteiger partial charge in [0, 0.05) is 29.6 Å². The Kier molecular flexibility index (Phi) is 11.4. The molecule has 230 valence electrons. The SMILES string of the molecule is CCCNC(=O)C(Cc1ccccc1)N(Cc1cccc(Cl)c1)C(=O)CN(c1cccc(C)c1)S(=O)(=O)c1ccc(Cl)cc1. The number of benzene rings is 4. The first-order chi connectivity index (χ1) is 21.1. The Labute approximate surface area is 269 Å². The molecule has 7 nitrogen and oxygen atoms in total. The fourth-order valence-corrected chi connectivity index (χ4v) is 6.54. The van der Waals surface area contributed by atoms with E-state index in [9.17, 15) is 18.0 Å². The van der Waals surface area contributed by atoms with Crippen LogP contribution in [0, 0.1) is 6.92 Å². The highest BCUT2D eigenvalue weighted by Crippen LogP contribution is 2.27. The number of hydrogen-bond acceptors (Lipinski definition) is 4. The van der Waals surface area contributed by atoms with Crippen LogP contribution in [0.25, 0.3) is 0 Å². The van der Waals surface area contributed by atoms with Gasteiger partial charge in [-0.2, -0.15) is 0 Å². The third-order valence-electron chi connectivity index (χ3n) is 7.03. The lowest BCUT2D eigenvalue weighted by molar-refractivity contribution is -0.140. The summed E-state index contributed by atoms with van der Waals surface area (Å²) >= 11 is 12.3. The monoisotopic (exact) mass is 651 g/mol. The van der Waals surface area contributed by atoms with Gasteiger partial charge in [0.1, 0.15) is 12.6 Å². The Morgan fingerprint density at radius 1 is 0.818 bits per heavy atom. The molecule has 0 heterocycles. The molecule has 1 N–H and O–H groups in total. The second kappa shape index (κ2) is 15.2. The molecule has 44 heavy (non-hydrogen) atoms. The molecule has 2 amide bonds. The molecule has 4 rings (SSSR count). The molecule has 0 aromatic heterocycles. The van der Waals surface area contributed by atoms with Gasteiger partial charge in [0.05, 0.1) is 10.6 Å². The Morgan fingerprint density at radius 3 is 2.16 bits per heavy atom. The van der Waals surface area contributed by atoms with Gasteiger partial charge in [-0.25, -0.2) is 8.42 Å². The predicted molar refractivity (Wildman–Crippen MR) is 176 cm³/mol. The van der Waals surface area contributed by atoms with Gasteiger partial charge in [-0.05, 0) is 78.6 Å².